The number of carbonyl (C=O) groups excluding carboxylic acids is 1. The summed E-state index contributed by atoms with van der Waals surface area (Å²) < 4.78 is 1.89. The van der Waals surface area contributed by atoms with Gasteiger partial charge < -0.3 is 5.32 Å². The summed E-state index contributed by atoms with van der Waals surface area (Å²) in [5.74, 6) is 1.56. The molecular formula is C22H22Cl2N4OS. The number of nitrogens with zero attached hydrogens (tertiary/aromatic N) is 3. The highest BCUT2D eigenvalue weighted by Crippen LogP contribution is 2.31. The number of rotatable bonds is 7. The number of thioether (sulfide) groups is 1. The van der Waals surface area contributed by atoms with Crippen LogP contribution >= 0.6 is 35.0 Å². The van der Waals surface area contributed by atoms with Gasteiger partial charge in [0.1, 0.15) is 0 Å². The van der Waals surface area contributed by atoms with Crippen molar-refractivity contribution in [2.24, 2.45) is 5.92 Å². The molecule has 1 aliphatic rings. The second kappa shape index (κ2) is 9.41. The molecule has 1 fully saturated rings. The minimum atomic E-state index is 0.0714. The number of carbonyl (C=O) groups is 1. The van der Waals surface area contributed by atoms with Crippen LogP contribution in [0.3, 0.4) is 0 Å². The number of halogens is 2. The van der Waals surface area contributed by atoms with Crippen molar-refractivity contribution in [1.29, 1.82) is 0 Å². The van der Waals surface area contributed by atoms with Crippen molar-refractivity contribution in [1.82, 2.24) is 20.1 Å². The van der Waals surface area contributed by atoms with Crippen LogP contribution in [0.1, 0.15) is 36.2 Å². The van der Waals surface area contributed by atoms with Gasteiger partial charge in [0.15, 0.2) is 11.0 Å². The van der Waals surface area contributed by atoms with Crippen LogP contribution < -0.4 is 5.32 Å². The normalized spacial score (nSPS) is 13.8. The molecule has 1 aliphatic carbocycles. The molecule has 0 saturated heterocycles. The first-order valence-electron chi connectivity index (χ1n) is 9.87. The van der Waals surface area contributed by atoms with Gasteiger partial charge in [0.25, 0.3) is 0 Å². The zero-order chi connectivity index (χ0) is 21.1. The van der Waals surface area contributed by atoms with Gasteiger partial charge in [0.05, 0.1) is 17.3 Å². The Bertz CT molecular complexity index is 1070. The van der Waals surface area contributed by atoms with Crippen LogP contribution in [-0.4, -0.2) is 20.7 Å². The zero-order valence-electron chi connectivity index (χ0n) is 16.6. The van der Waals surface area contributed by atoms with Crippen molar-refractivity contribution >= 4 is 40.9 Å². The van der Waals surface area contributed by atoms with E-state index in [1.165, 1.54) is 11.1 Å². The average Bonchev–Trinajstić information content (AvgIpc) is 3.09. The van der Waals surface area contributed by atoms with E-state index in [0.29, 0.717) is 26.7 Å². The molecule has 3 aromatic rings. The number of aryl methyl sites for hydroxylation is 1. The second-order valence-electron chi connectivity index (χ2n) is 7.39. The molecule has 0 aliphatic heterocycles. The molecule has 0 atom stereocenters. The van der Waals surface area contributed by atoms with E-state index in [-0.39, 0.29) is 18.4 Å². The third-order valence-electron chi connectivity index (χ3n) is 5.36. The van der Waals surface area contributed by atoms with Crippen molar-refractivity contribution < 1.29 is 4.79 Å². The van der Waals surface area contributed by atoms with Crippen LogP contribution in [0.4, 0.5) is 0 Å². The Morgan fingerprint density at radius 1 is 1.20 bits per heavy atom. The van der Waals surface area contributed by atoms with Crippen LogP contribution in [0.2, 0.25) is 10.0 Å². The summed E-state index contributed by atoms with van der Waals surface area (Å²) in [6.07, 6.45) is 3.03. The van der Waals surface area contributed by atoms with Gasteiger partial charge in [-0.15, -0.1) is 10.2 Å². The van der Waals surface area contributed by atoms with E-state index in [1.54, 1.807) is 30.0 Å². The highest BCUT2D eigenvalue weighted by Gasteiger charge is 2.26. The lowest BCUT2D eigenvalue weighted by atomic mass is 9.85. The van der Waals surface area contributed by atoms with E-state index in [1.807, 2.05) is 16.7 Å². The predicted molar refractivity (Wildman–Crippen MR) is 121 cm³/mol. The van der Waals surface area contributed by atoms with Crippen molar-refractivity contribution in [2.75, 3.05) is 0 Å². The Kier molecular flexibility index (Phi) is 6.66. The Balaban J connectivity index is 1.62. The van der Waals surface area contributed by atoms with Crippen LogP contribution in [0.15, 0.2) is 47.6 Å². The summed E-state index contributed by atoms with van der Waals surface area (Å²) in [5.41, 5.74) is 3.16. The lowest BCUT2D eigenvalue weighted by Gasteiger charge is -2.24. The summed E-state index contributed by atoms with van der Waals surface area (Å²) in [4.78, 5) is 12.3. The largest absolute Gasteiger partial charge is 0.349 e. The van der Waals surface area contributed by atoms with E-state index in [9.17, 15) is 4.79 Å². The molecule has 156 valence electrons. The predicted octanol–water partition coefficient (Wildman–Crippen LogP) is 5.59. The molecule has 1 aromatic heterocycles. The van der Waals surface area contributed by atoms with E-state index in [0.717, 1.165) is 25.0 Å². The van der Waals surface area contributed by atoms with Crippen LogP contribution in [-0.2, 0) is 17.1 Å². The molecule has 2 aromatic carbocycles. The maximum absolute atomic E-state index is 12.3. The fourth-order valence-electron chi connectivity index (χ4n) is 3.30. The molecule has 0 spiro atoms. The van der Waals surface area contributed by atoms with Crippen LogP contribution in [0.25, 0.3) is 5.69 Å². The van der Waals surface area contributed by atoms with Gasteiger partial charge in [-0.05, 0) is 49.1 Å². The van der Waals surface area contributed by atoms with E-state index in [2.05, 4.69) is 34.6 Å². The smallest absolute Gasteiger partial charge is 0.223 e. The highest BCUT2D eigenvalue weighted by molar-refractivity contribution is 7.98. The number of benzene rings is 2. The van der Waals surface area contributed by atoms with E-state index < -0.39 is 0 Å². The summed E-state index contributed by atoms with van der Waals surface area (Å²) in [7, 11) is 0. The molecule has 1 saturated carbocycles. The summed E-state index contributed by atoms with van der Waals surface area (Å²) >= 11 is 14.3. The molecular weight excluding hydrogens is 439 g/mol. The Morgan fingerprint density at radius 2 is 2.00 bits per heavy atom. The first-order chi connectivity index (χ1) is 14.5. The van der Waals surface area contributed by atoms with Gasteiger partial charge in [-0.1, -0.05) is 65.7 Å². The van der Waals surface area contributed by atoms with Gasteiger partial charge in [-0.2, -0.15) is 0 Å². The lowest BCUT2D eigenvalue weighted by molar-refractivity contribution is -0.127. The molecule has 4 rings (SSSR count). The molecule has 5 nitrogen and oxygen atoms in total. The van der Waals surface area contributed by atoms with Gasteiger partial charge in [-0.25, -0.2) is 0 Å². The first kappa shape index (κ1) is 21.2. The fourth-order valence-corrected chi connectivity index (χ4v) is 4.71. The minimum Gasteiger partial charge on any atom is -0.349 e. The van der Waals surface area contributed by atoms with Gasteiger partial charge in [0.2, 0.25) is 5.91 Å². The van der Waals surface area contributed by atoms with E-state index in [4.69, 9.17) is 23.2 Å². The van der Waals surface area contributed by atoms with Crippen molar-refractivity contribution in [2.45, 2.75) is 43.6 Å². The Labute approximate surface area is 190 Å². The first-order valence-corrected chi connectivity index (χ1v) is 11.6. The molecule has 30 heavy (non-hydrogen) atoms. The third kappa shape index (κ3) is 4.66. The van der Waals surface area contributed by atoms with Crippen LogP contribution in [0.5, 0.6) is 0 Å². The topological polar surface area (TPSA) is 59.8 Å². The summed E-state index contributed by atoms with van der Waals surface area (Å²) in [6, 6.07) is 13.6. The van der Waals surface area contributed by atoms with Crippen molar-refractivity contribution in [3.63, 3.8) is 0 Å². The Morgan fingerprint density at radius 3 is 2.73 bits per heavy atom. The molecule has 1 heterocycles. The SMILES string of the molecule is Cc1ccccc1CSc1nnc(CNC(=O)C2CCC2)n1-c1cc(Cl)ccc1Cl. The van der Waals surface area contributed by atoms with Crippen molar-refractivity contribution in [3.8, 4) is 5.69 Å². The maximum Gasteiger partial charge on any atom is 0.223 e. The summed E-state index contributed by atoms with van der Waals surface area (Å²) in [5, 5.41) is 13.6. The fraction of sp³-hybridized carbons (Fsp3) is 0.318. The maximum atomic E-state index is 12.3. The zero-order valence-corrected chi connectivity index (χ0v) is 18.9. The van der Waals surface area contributed by atoms with E-state index >= 15 is 0 Å². The third-order valence-corrected chi connectivity index (χ3v) is 6.90. The molecule has 0 radical (unpaired) electrons. The molecule has 8 heteroatoms. The number of hydrogen-bond acceptors (Lipinski definition) is 4. The lowest BCUT2D eigenvalue weighted by Crippen LogP contribution is -2.34. The molecule has 1 amide bonds. The van der Waals surface area contributed by atoms with Crippen molar-refractivity contribution in [3.05, 3.63) is 69.5 Å². The van der Waals surface area contributed by atoms with Gasteiger partial charge in [0, 0.05) is 16.7 Å². The molecule has 0 bridgehead atoms. The van der Waals surface area contributed by atoms with Gasteiger partial charge >= 0.3 is 0 Å². The second-order valence-corrected chi connectivity index (χ2v) is 9.18. The molecule has 0 unspecified atom stereocenters. The number of aromatic nitrogens is 3. The van der Waals surface area contributed by atoms with Crippen LogP contribution in [0, 0.1) is 12.8 Å². The monoisotopic (exact) mass is 460 g/mol. The summed E-state index contributed by atoms with van der Waals surface area (Å²) in [6.45, 7) is 2.38. The quantitative estimate of drug-likeness (QED) is 0.466. The number of amides is 1. The standard InChI is InChI=1S/C22H22Cl2N4OS/c1-14-5-2-3-6-16(14)13-30-22-27-26-20(12-25-21(29)15-7-4-8-15)28(22)19-11-17(23)9-10-18(19)24/h2-3,5-6,9-11,15H,4,7-8,12-13H2,1H3,(H,25,29). The molecule has 1 N–H and O–H groups in total. The Hall–Kier alpha value is -2.02. The average molecular weight is 461 g/mol. The number of hydrogen-bond donors (Lipinski definition) is 1. The minimum absolute atomic E-state index is 0.0714. The highest BCUT2D eigenvalue weighted by atomic mass is 35.5. The number of nitrogens with one attached hydrogen (secondary N) is 1. The van der Waals surface area contributed by atoms with Gasteiger partial charge in [-0.3, -0.25) is 9.36 Å².